The molecule has 0 aliphatic rings. The van der Waals surface area contributed by atoms with Gasteiger partial charge in [0.2, 0.25) is 0 Å². The van der Waals surface area contributed by atoms with Crippen molar-refractivity contribution in [3.8, 4) is 0 Å². The molecule has 0 radical (unpaired) electrons. The summed E-state index contributed by atoms with van der Waals surface area (Å²) in [6.45, 7) is 5.62. The maximum Gasteiger partial charge on any atom is 0.428 e. The van der Waals surface area contributed by atoms with Crippen LogP contribution in [0.2, 0.25) is 0 Å². The highest BCUT2D eigenvalue weighted by molar-refractivity contribution is 5.67. The Morgan fingerprint density at radius 3 is 1.92 bits per heavy atom. The van der Waals surface area contributed by atoms with Crippen LogP contribution in [0.25, 0.3) is 0 Å². The van der Waals surface area contributed by atoms with E-state index < -0.39 is 0 Å². The molecular weight excluding hydrogens is 168 g/mol. The molecule has 0 heterocycles. The van der Waals surface area contributed by atoms with E-state index in [9.17, 15) is 4.79 Å². The SMILES string of the molecule is CCCN(CCC)C(=O)ON(C)C. The van der Waals surface area contributed by atoms with E-state index in [0.29, 0.717) is 0 Å². The van der Waals surface area contributed by atoms with Crippen molar-refractivity contribution in [2.45, 2.75) is 26.7 Å². The highest BCUT2D eigenvalue weighted by atomic mass is 16.7. The quantitative estimate of drug-likeness (QED) is 0.616. The van der Waals surface area contributed by atoms with Crippen molar-refractivity contribution in [2.24, 2.45) is 0 Å². The van der Waals surface area contributed by atoms with Crippen molar-refractivity contribution >= 4 is 6.09 Å². The van der Waals surface area contributed by atoms with Crippen LogP contribution in [-0.2, 0) is 4.84 Å². The Morgan fingerprint density at radius 2 is 1.62 bits per heavy atom. The molecule has 0 unspecified atom stereocenters. The number of carbonyl (C=O) groups is 1. The van der Waals surface area contributed by atoms with E-state index in [4.69, 9.17) is 4.84 Å². The lowest BCUT2D eigenvalue weighted by Crippen LogP contribution is -2.36. The number of hydrogen-bond acceptors (Lipinski definition) is 3. The van der Waals surface area contributed by atoms with Crippen LogP contribution < -0.4 is 0 Å². The van der Waals surface area contributed by atoms with Crippen LogP contribution in [0, 0.1) is 0 Å². The van der Waals surface area contributed by atoms with Gasteiger partial charge >= 0.3 is 6.09 Å². The number of nitrogens with zero attached hydrogens (tertiary/aromatic N) is 2. The number of rotatable bonds is 5. The molecule has 0 atom stereocenters. The van der Waals surface area contributed by atoms with Crippen LogP contribution in [0.3, 0.4) is 0 Å². The summed E-state index contributed by atoms with van der Waals surface area (Å²) >= 11 is 0. The molecule has 0 bridgehead atoms. The maximum absolute atomic E-state index is 11.4. The molecule has 0 aliphatic heterocycles. The summed E-state index contributed by atoms with van der Waals surface area (Å²) < 4.78 is 0. The van der Waals surface area contributed by atoms with Gasteiger partial charge in [-0.1, -0.05) is 13.8 Å². The summed E-state index contributed by atoms with van der Waals surface area (Å²) in [5.74, 6) is 0. The molecule has 0 aliphatic carbocycles. The molecule has 0 rings (SSSR count). The van der Waals surface area contributed by atoms with E-state index in [2.05, 4.69) is 0 Å². The maximum atomic E-state index is 11.4. The van der Waals surface area contributed by atoms with Gasteiger partial charge in [0.25, 0.3) is 0 Å². The molecule has 78 valence electrons. The van der Waals surface area contributed by atoms with E-state index in [1.165, 1.54) is 5.06 Å². The summed E-state index contributed by atoms with van der Waals surface area (Å²) in [5.41, 5.74) is 0. The highest BCUT2D eigenvalue weighted by Gasteiger charge is 2.13. The molecule has 0 saturated carbocycles. The van der Waals surface area contributed by atoms with Crippen LogP contribution in [0.1, 0.15) is 26.7 Å². The lowest BCUT2D eigenvalue weighted by Gasteiger charge is -2.22. The zero-order valence-corrected chi connectivity index (χ0v) is 9.04. The molecule has 13 heavy (non-hydrogen) atoms. The summed E-state index contributed by atoms with van der Waals surface area (Å²) in [6.07, 6.45) is 1.67. The first kappa shape index (κ1) is 12.2. The monoisotopic (exact) mass is 188 g/mol. The minimum absolute atomic E-state index is 0.256. The molecular formula is C9H20N2O2. The van der Waals surface area contributed by atoms with E-state index in [1.807, 2.05) is 13.8 Å². The third-order valence-corrected chi connectivity index (χ3v) is 1.51. The number of carbonyl (C=O) groups excluding carboxylic acids is 1. The zero-order valence-electron chi connectivity index (χ0n) is 9.04. The van der Waals surface area contributed by atoms with Crippen molar-refractivity contribution in [3.05, 3.63) is 0 Å². The molecule has 0 aromatic rings. The van der Waals surface area contributed by atoms with Gasteiger partial charge in [0.1, 0.15) is 0 Å². The first-order valence-corrected chi connectivity index (χ1v) is 4.76. The van der Waals surface area contributed by atoms with E-state index in [0.717, 1.165) is 25.9 Å². The van der Waals surface area contributed by atoms with E-state index >= 15 is 0 Å². The molecule has 4 heteroatoms. The van der Waals surface area contributed by atoms with Gasteiger partial charge in [-0.25, -0.2) is 4.79 Å². The van der Waals surface area contributed by atoms with E-state index in [-0.39, 0.29) is 6.09 Å². The van der Waals surface area contributed by atoms with Crippen LogP contribution in [-0.4, -0.2) is 43.2 Å². The summed E-state index contributed by atoms with van der Waals surface area (Å²) in [5, 5.41) is 1.42. The van der Waals surface area contributed by atoms with Gasteiger partial charge < -0.3 is 9.74 Å². The second kappa shape index (κ2) is 6.71. The van der Waals surface area contributed by atoms with Gasteiger partial charge in [-0.2, -0.15) is 0 Å². The molecule has 0 spiro atoms. The summed E-state index contributed by atoms with van der Waals surface area (Å²) in [4.78, 5) is 18.1. The Balaban J connectivity index is 3.95. The third-order valence-electron chi connectivity index (χ3n) is 1.51. The predicted molar refractivity (Wildman–Crippen MR) is 52.3 cm³/mol. The molecule has 0 N–H and O–H groups in total. The predicted octanol–water partition coefficient (Wildman–Crippen LogP) is 1.72. The van der Waals surface area contributed by atoms with E-state index in [1.54, 1.807) is 19.0 Å². The van der Waals surface area contributed by atoms with Gasteiger partial charge in [-0.05, 0) is 12.8 Å². The fourth-order valence-electron chi connectivity index (χ4n) is 1.05. The fourth-order valence-corrected chi connectivity index (χ4v) is 1.05. The Bertz CT molecular complexity index is 143. The lowest BCUT2D eigenvalue weighted by molar-refractivity contribution is -0.0714. The Labute approximate surface area is 80.4 Å². The molecule has 0 aromatic carbocycles. The van der Waals surface area contributed by atoms with Crippen molar-refractivity contribution in [1.29, 1.82) is 0 Å². The Kier molecular flexibility index (Phi) is 6.32. The zero-order chi connectivity index (χ0) is 10.3. The van der Waals surface area contributed by atoms with Crippen LogP contribution in [0.5, 0.6) is 0 Å². The number of amides is 1. The summed E-state index contributed by atoms with van der Waals surface area (Å²) in [6, 6.07) is 0. The first-order valence-electron chi connectivity index (χ1n) is 4.76. The fraction of sp³-hybridized carbons (Fsp3) is 0.889. The molecule has 1 amide bonds. The van der Waals surface area contributed by atoms with Crippen molar-refractivity contribution in [2.75, 3.05) is 27.2 Å². The van der Waals surface area contributed by atoms with Crippen LogP contribution in [0.15, 0.2) is 0 Å². The van der Waals surface area contributed by atoms with Gasteiger partial charge in [0.05, 0.1) is 0 Å². The summed E-state index contributed by atoms with van der Waals surface area (Å²) in [7, 11) is 3.40. The second-order valence-corrected chi connectivity index (χ2v) is 3.16. The molecule has 0 saturated heterocycles. The second-order valence-electron chi connectivity index (χ2n) is 3.16. The number of hydroxylamine groups is 2. The van der Waals surface area contributed by atoms with Crippen molar-refractivity contribution < 1.29 is 9.63 Å². The van der Waals surface area contributed by atoms with Crippen LogP contribution in [0.4, 0.5) is 4.79 Å². The highest BCUT2D eigenvalue weighted by Crippen LogP contribution is 1.98. The minimum atomic E-state index is -0.256. The van der Waals surface area contributed by atoms with Gasteiger partial charge in [-0.15, -0.1) is 5.06 Å². The molecule has 4 nitrogen and oxygen atoms in total. The van der Waals surface area contributed by atoms with Crippen molar-refractivity contribution in [3.63, 3.8) is 0 Å². The minimum Gasteiger partial charge on any atom is -0.351 e. The average molecular weight is 188 g/mol. The van der Waals surface area contributed by atoms with Crippen molar-refractivity contribution in [1.82, 2.24) is 9.96 Å². The standard InChI is InChI=1S/C9H20N2O2/c1-5-7-11(8-6-2)9(12)13-10(3)4/h5-8H2,1-4H3. The van der Waals surface area contributed by atoms with Crippen LogP contribution >= 0.6 is 0 Å². The largest absolute Gasteiger partial charge is 0.428 e. The Hall–Kier alpha value is -0.770. The van der Waals surface area contributed by atoms with Gasteiger partial charge in [0, 0.05) is 27.2 Å². The molecule has 0 fully saturated rings. The number of hydrogen-bond donors (Lipinski definition) is 0. The Morgan fingerprint density at radius 1 is 1.15 bits per heavy atom. The first-order chi connectivity index (χ1) is 6.11. The average Bonchev–Trinajstić information content (AvgIpc) is 2.02. The molecule has 0 aromatic heterocycles. The lowest BCUT2D eigenvalue weighted by atomic mass is 10.4. The third kappa shape index (κ3) is 5.47. The normalized spacial score (nSPS) is 10.2. The topological polar surface area (TPSA) is 32.8 Å². The van der Waals surface area contributed by atoms with Gasteiger partial charge in [0.15, 0.2) is 0 Å². The smallest absolute Gasteiger partial charge is 0.351 e. The van der Waals surface area contributed by atoms with Gasteiger partial charge in [-0.3, -0.25) is 0 Å².